The van der Waals surface area contributed by atoms with Crippen LogP contribution >= 0.6 is 11.3 Å². The van der Waals surface area contributed by atoms with Crippen molar-refractivity contribution in [1.82, 2.24) is 10.3 Å². The highest BCUT2D eigenvalue weighted by molar-refractivity contribution is 7.18. The first-order valence-electron chi connectivity index (χ1n) is 6.63. The average molecular weight is 278 g/mol. The van der Waals surface area contributed by atoms with Crippen LogP contribution in [0.3, 0.4) is 0 Å². The second-order valence-corrected chi connectivity index (χ2v) is 6.80. The molecule has 0 radical (unpaired) electrons. The lowest BCUT2D eigenvalue weighted by atomic mass is 10.2. The van der Waals surface area contributed by atoms with Crippen molar-refractivity contribution in [3.05, 3.63) is 29.3 Å². The summed E-state index contributed by atoms with van der Waals surface area (Å²) in [6.07, 6.45) is 0.909. The minimum absolute atomic E-state index is 0.0946. The second kappa shape index (κ2) is 5.99. The minimum atomic E-state index is -0.0946. The summed E-state index contributed by atoms with van der Waals surface area (Å²) in [7, 11) is 1.98. The Morgan fingerprint density at radius 1 is 1.32 bits per heavy atom. The van der Waals surface area contributed by atoms with Crippen molar-refractivity contribution < 1.29 is 4.74 Å². The third-order valence-electron chi connectivity index (χ3n) is 2.88. The maximum absolute atomic E-state index is 5.84. The first kappa shape index (κ1) is 14.4. The Labute approximate surface area is 119 Å². The van der Waals surface area contributed by atoms with E-state index >= 15 is 0 Å². The predicted octanol–water partition coefficient (Wildman–Crippen LogP) is 3.24. The lowest BCUT2D eigenvalue weighted by Crippen LogP contribution is -2.36. The van der Waals surface area contributed by atoms with Gasteiger partial charge in [-0.2, -0.15) is 0 Å². The van der Waals surface area contributed by atoms with Crippen molar-refractivity contribution in [2.45, 2.75) is 38.8 Å². The number of benzene rings is 1. The molecule has 0 bridgehead atoms. The third-order valence-corrected chi connectivity index (χ3v) is 3.94. The SMILES string of the molecule is CNC(COC(C)(C)C)Cc1nc2ccccc2s1. The number of nitrogens with one attached hydrogen (secondary N) is 1. The summed E-state index contributed by atoms with van der Waals surface area (Å²) < 4.78 is 7.10. The monoisotopic (exact) mass is 278 g/mol. The molecule has 1 aromatic heterocycles. The number of aromatic nitrogens is 1. The molecule has 0 aliphatic carbocycles. The fraction of sp³-hybridized carbons (Fsp3) is 0.533. The molecule has 2 rings (SSSR count). The molecule has 1 atom stereocenters. The number of thiazole rings is 1. The van der Waals surface area contributed by atoms with Gasteiger partial charge >= 0.3 is 0 Å². The Morgan fingerprint density at radius 3 is 2.68 bits per heavy atom. The summed E-state index contributed by atoms with van der Waals surface area (Å²) in [5, 5.41) is 4.47. The van der Waals surface area contributed by atoms with E-state index in [1.165, 1.54) is 4.70 Å². The molecule has 0 aliphatic rings. The largest absolute Gasteiger partial charge is 0.374 e. The molecule has 0 amide bonds. The normalized spacial score (nSPS) is 13.9. The standard InChI is InChI=1S/C15H22N2OS/c1-15(2,3)18-10-11(16-4)9-14-17-12-7-5-6-8-13(12)19-14/h5-8,11,16H,9-10H2,1-4H3. The van der Waals surface area contributed by atoms with Crippen molar-refractivity contribution in [3.8, 4) is 0 Å². The Kier molecular flexibility index (Phi) is 4.55. The Balaban J connectivity index is 2.01. The lowest BCUT2D eigenvalue weighted by Gasteiger charge is -2.23. The quantitative estimate of drug-likeness (QED) is 0.911. The van der Waals surface area contributed by atoms with Gasteiger partial charge in [-0.15, -0.1) is 11.3 Å². The van der Waals surface area contributed by atoms with Crippen molar-refractivity contribution in [1.29, 1.82) is 0 Å². The molecule has 0 saturated carbocycles. The van der Waals surface area contributed by atoms with E-state index in [1.807, 2.05) is 13.1 Å². The zero-order valence-corrected chi connectivity index (χ0v) is 12.9. The Hall–Kier alpha value is -0.970. The first-order chi connectivity index (χ1) is 8.98. The van der Waals surface area contributed by atoms with Gasteiger partial charge in [0.25, 0.3) is 0 Å². The molecular weight excluding hydrogens is 256 g/mol. The molecule has 1 aromatic carbocycles. The zero-order valence-electron chi connectivity index (χ0n) is 12.1. The summed E-state index contributed by atoms with van der Waals surface area (Å²) in [5.74, 6) is 0. The van der Waals surface area contributed by atoms with Crippen LogP contribution in [0.1, 0.15) is 25.8 Å². The van der Waals surface area contributed by atoms with E-state index in [9.17, 15) is 0 Å². The average Bonchev–Trinajstić information content (AvgIpc) is 2.75. The minimum Gasteiger partial charge on any atom is -0.374 e. The van der Waals surface area contributed by atoms with Gasteiger partial charge < -0.3 is 10.1 Å². The Bertz CT molecular complexity index is 497. The fourth-order valence-corrected chi connectivity index (χ4v) is 2.86. The van der Waals surface area contributed by atoms with E-state index < -0.39 is 0 Å². The Morgan fingerprint density at radius 2 is 2.05 bits per heavy atom. The maximum Gasteiger partial charge on any atom is 0.0955 e. The van der Waals surface area contributed by atoms with E-state index in [-0.39, 0.29) is 5.60 Å². The molecule has 0 saturated heterocycles. The summed E-state index contributed by atoms with van der Waals surface area (Å²) >= 11 is 1.77. The molecular formula is C15H22N2OS. The van der Waals surface area contributed by atoms with Gasteiger partial charge in [0.05, 0.1) is 27.4 Å². The molecule has 0 spiro atoms. The van der Waals surface area contributed by atoms with E-state index in [0.29, 0.717) is 12.6 Å². The topological polar surface area (TPSA) is 34.1 Å². The summed E-state index contributed by atoms with van der Waals surface area (Å²) in [4.78, 5) is 4.67. The van der Waals surface area contributed by atoms with E-state index in [1.54, 1.807) is 11.3 Å². The molecule has 1 unspecified atom stereocenters. The highest BCUT2D eigenvalue weighted by Crippen LogP contribution is 2.22. The van der Waals surface area contributed by atoms with Crippen LogP contribution in [0.25, 0.3) is 10.2 Å². The van der Waals surface area contributed by atoms with Gasteiger partial charge in [-0.05, 0) is 40.0 Å². The van der Waals surface area contributed by atoms with Crippen molar-refractivity contribution in [2.24, 2.45) is 0 Å². The van der Waals surface area contributed by atoms with Crippen LogP contribution in [-0.4, -0.2) is 30.3 Å². The van der Waals surface area contributed by atoms with Crippen LogP contribution in [0, 0.1) is 0 Å². The van der Waals surface area contributed by atoms with Gasteiger partial charge in [0.2, 0.25) is 0 Å². The van der Waals surface area contributed by atoms with E-state index in [4.69, 9.17) is 4.74 Å². The summed E-state index contributed by atoms with van der Waals surface area (Å²) in [6, 6.07) is 8.58. The molecule has 19 heavy (non-hydrogen) atoms. The highest BCUT2D eigenvalue weighted by atomic mass is 32.1. The van der Waals surface area contributed by atoms with Gasteiger partial charge in [0, 0.05) is 12.5 Å². The molecule has 104 valence electrons. The smallest absolute Gasteiger partial charge is 0.0955 e. The zero-order chi connectivity index (χ0) is 13.9. The van der Waals surface area contributed by atoms with Gasteiger partial charge in [0.15, 0.2) is 0 Å². The molecule has 1 N–H and O–H groups in total. The number of likely N-dealkylation sites (N-methyl/N-ethyl adjacent to an activating group) is 1. The van der Waals surface area contributed by atoms with E-state index in [0.717, 1.165) is 16.9 Å². The number of rotatable bonds is 5. The second-order valence-electron chi connectivity index (χ2n) is 5.69. The van der Waals surface area contributed by atoms with Crippen LogP contribution in [-0.2, 0) is 11.2 Å². The number of para-hydroxylation sites is 1. The molecule has 4 heteroatoms. The highest BCUT2D eigenvalue weighted by Gasteiger charge is 2.16. The van der Waals surface area contributed by atoms with Crippen molar-refractivity contribution >= 4 is 21.6 Å². The van der Waals surface area contributed by atoms with E-state index in [2.05, 4.69) is 49.3 Å². The van der Waals surface area contributed by atoms with Gasteiger partial charge in [-0.3, -0.25) is 0 Å². The predicted molar refractivity (Wildman–Crippen MR) is 81.9 cm³/mol. The summed E-state index contributed by atoms with van der Waals surface area (Å²) in [6.45, 7) is 6.95. The van der Waals surface area contributed by atoms with Crippen molar-refractivity contribution in [3.63, 3.8) is 0 Å². The summed E-state index contributed by atoms with van der Waals surface area (Å²) in [5.41, 5.74) is 0.997. The molecule has 0 aliphatic heterocycles. The first-order valence-corrected chi connectivity index (χ1v) is 7.45. The number of ether oxygens (including phenoxy) is 1. The van der Waals surface area contributed by atoms with Crippen LogP contribution in [0.15, 0.2) is 24.3 Å². The van der Waals surface area contributed by atoms with Gasteiger partial charge in [-0.1, -0.05) is 12.1 Å². The number of hydrogen-bond acceptors (Lipinski definition) is 4. The number of nitrogens with zero attached hydrogens (tertiary/aromatic N) is 1. The van der Waals surface area contributed by atoms with Gasteiger partial charge in [0.1, 0.15) is 0 Å². The lowest BCUT2D eigenvalue weighted by molar-refractivity contribution is -0.0134. The number of hydrogen-bond donors (Lipinski definition) is 1. The van der Waals surface area contributed by atoms with Crippen LogP contribution in [0.2, 0.25) is 0 Å². The molecule has 1 heterocycles. The van der Waals surface area contributed by atoms with Crippen LogP contribution < -0.4 is 5.32 Å². The van der Waals surface area contributed by atoms with Crippen LogP contribution in [0.4, 0.5) is 0 Å². The molecule has 0 fully saturated rings. The third kappa shape index (κ3) is 4.27. The van der Waals surface area contributed by atoms with Gasteiger partial charge in [-0.25, -0.2) is 4.98 Å². The van der Waals surface area contributed by atoms with Crippen molar-refractivity contribution in [2.75, 3.05) is 13.7 Å². The molecule has 3 nitrogen and oxygen atoms in total. The molecule has 2 aromatic rings. The maximum atomic E-state index is 5.84. The fourth-order valence-electron chi connectivity index (χ4n) is 1.81. The van der Waals surface area contributed by atoms with Crippen LogP contribution in [0.5, 0.6) is 0 Å². The number of fused-ring (bicyclic) bond motifs is 1.